The third-order valence-electron chi connectivity index (χ3n) is 3.55. The predicted molar refractivity (Wildman–Crippen MR) is 72.2 cm³/mol. The molecule has 0 atom stereocenters. The van der Waals surface area contributed by atoms with Gasteiger partial charge in [0.2, 0.25) is 0 Å². The molecule has 0 aliphatic heterocycles. The molecule has 90 valence electrons. The van der Waals surface area contributed by atoms with E-state index >= 15 is 0 Å². The maximum absolute atomic E-state index is 10.1. The Morgan fingerprint density at radius 2 is 1.63 bits per heavy atom. The van der Waals surface area contributed by atoms with Crippen LogP contribution in [-0.2, 0) is 12.8 Å². The summed E-state index contributed by atoms with van der Waals surface area (Å²) < 4.78 is 0. The van der Waals surface area contributed by atoms with Crippen molar-refractivity contribution in [2.45, 2.75) is 12.8 Å². The van der Waals surface area contributed by atoms with Crippen molar-refractivity contribution >= 4 is 16.8 Å². The second-order valence-corrected chi connectivity index (χ2v) is 4.59. The topological polar surface area (TPSA) is 67.8 Å². The summed E-state index contributed by atoms with van der Waals surface area (Å²) in [4.78, 5) is 0. The molecule has 1 aliphatic rings. The average Bonchev–Trinajstić information content (AvgIpc) is 2.85. The Morgan fingerprint density at radius 3 is 2.26 bits per heavy atom. The quantitative estimate of drug-likeness (QED) is 0.786. The van der Waals surface area contributed by atoms with Gasteiger partial charge in [0.15, 0.2) is 0 Å². The maximum Gasteiger partial charge on any atom is 0.130 e. The number of nitriles is 2. The number of aryl methyl sites for hydroxylation is 2. The van der Waals surface area contributed by atoms with E-state index < -0.39 is 0 Å². The molecule has 2 aromatic carbocycles. The van der Waals surface area contributed by atoms with Crippen molar-refractivity contribution in [2.24, 2.45) is 0 Å². The number of rotatable bonds is 1. The summed E-state index contributed by atoms with van der Waals surface area (Å²) in [5, 5.41) is 29.6. The standard InChI is InChI=1S/C16H10N2O/c17-8-10(9-18)7-13-4-3-11-1-2-12-5-6-14(19)16(13)15(11)12/h3-7,19H,1-2H2. The SMILES string of the molecule is N#CC(C#N)=Cc1ccc2c3c(ccc(O)c13)CC2. The number of aromatic hydroxyl groups is 1. The van der Waals surface area contributed by atoms with E-state index in [0.29, 0.717) is 0 Å². The largest absolute Gasteiger partial charge is 0.507 e. The zero-order valence-corrected chi connectivity index (χ0v) is 10.1. The van der Waals surface area contributed by atoms with Crippen LogP contribution in [0.25, 0.3) is 16.8 Å². The van der Waals surface area contributed by atoms with Crippen molar-refractivity contribution < 1.29 is 5.11 Å². The van der Waals surface area contributed by atoms with Crippen molar-refractivity contribution in [3.63, 3.8) is 0 Å². The minimum Gasteiger partial charge on any atom is -0.507 e. The Bertz CT molecular complexity index is 778. The minimum absolute atomic E-state index is 0.0399. The van der Waals surface area contributed by atoms with Gasteiger partial charge in [-0.3, -0.25) is 0 Å². The lowest BCUT2D eigenvalue weighted by atomic mass is 9.98. The molecular weight excluding hydrogens is 236 g/mol. The molecule has 0 unspecified atom stereocenters. The van der Waals surface area contributed by atoms with Gasteiger partial charge in [-0.15, -0.1) is 0 Å². The number of hydrogen-bond donors (Lipinski definition) is 1. The van der Waals surface area contributed by atoms with Gasteiger partial charge in [-0.05, 0) is 47.1 Å². The summed E-state index contributed by atoms with van der Waals surface area (Å²) in [5.74, 6) is 0.198. The van der Waals surface area contributed by atoms with Gasteiger partial charge < -0.3 is 5.11 Å². The van der Waals surface area contributed by atoms with Crippen LogP contribution in [0.5, 0.6) is 5.75 Å². The number of allylic oxidation sites excluding steroid dienone is 1. The van der Waals surface area contributed by atoms with E-state index in [4.69, 9.17) is 10.5 Å². The molecule has 0 bridgehead atoms. The van der Waals surface area contributed by atoms with Crippen LogP contribution in [0.15, 0.2) is 29.8 Å². The molecule has 1 aliphatic carbocycles. The second-order valence-electron chi connectivity index (χ2n) is 4.59. The summed E-state index contributed by atoms with van der Waals surface area (Å²) in [6.07, 6.45) is 3.48. The van der Waals surface area contributed by atoms with Gasteiger partial charge in [0, 0.05) is 5.39 Å². The van der Waals surface area contributed by atoms with Crippen LogP contribution in [0.3, 0.4) is 0 Å². The molecule has 0 radical (unpaired) electrons. The molecule has 0 saturated heterocycles. The van der Waals surface area contributed by atoms with Gasteiger partial charge in [-0.1, -0.05) is 18.2 Å². The van der Waals surface area contributed by atoms with E-state index in [-0.39, 0.29) is 11.3 Å². The van der Waals surface area contributed by atoms with Gasteiger partial charge in [-0.25, -0.2) is 0 Å². The van der Waals surface area contributed by atoms with Crippen LogP contribution in [0.4, 0.5) is 0 Å². The van der Waals surface area contributed by atoms with Crippen molar-refractivity contribution in [1.82, 2.24) is 0 Å². The molecule has 0 saturated carbocycles. The fourth-order valence-corrected chi connectivity index (χ4v) is 2.70. The lowest BCUT2D eigenvalue weighted by Crippen LogP contribution is -1.85. The molecule has 0 heterocycles. The van der Waals surface area contributed by atoms with Gasteiger partial charge >= 0.3 is 0 Å². The Morgan fingerprint density at radius 1 is 1.00 bits per heavy atom. The maximum atomic E-state index is 10.1. The molecular formula is C16H10N2O. The molecule has 3 rings (SSSR count). The molecule has 3 heteroatoms. The highest BCUT2D eigenvalue weighted by Gasteiger charge is 2.18. The number of phenols is 1. The molecule has 0 amide bonds. The van der Waals surface area contributed by atoms with E-state index in [9.17, 15) is 5.11 Å². The number of nitrogens with zero attached hydrogens (tertiary/aromatic N) is 2. The third kappa shape index (κ3) is 1.64. The van der Waals surface area contributed by atoms with Gasteiger partial charge in [-0.2, -0.15) is 10.5 Å². The van der Waals surface area contributed by atoms with Gasteiger partial charge in [0.25, 0.3) is 0 Å². The van der Waals surface area contributed by atoms with Gasteiger partial charge in [0.1, 0.15) is 23.5 Å². The highest BCUT2D eigenvalue weighted by atomic mass is 16.3. The lowest BCUT2D eigenvalue weighted by Gasteiger charge is -2.08. The van der Waals surface area contributed by atoms with Crippen molar-refractivity contribution in [3.05, 3.63) is 46.5 Å². The second kappa shape index (κ2) is 4.15. The number of phenolic OH excluding ortho intramolecular Hbond substituents is 1. The summed E-state index contributed by atoms with van der Waals surface area (Å²) in [6.45, 7) is 0. The van der Waals surface area contributed by atoms with E-state index in [1.165, 1.54) is 17.2 Å². The van der Waals surface area contributed by atoms with E-state index in [1.54, 1.807) is 6.07 Å². The fraction of sp³-hybridized carbons (Fsp3) is 0.125. The number of hydrogen-bond acceptors (Lipinski definition) is 3. The van der Waals surface area contributed by atoms with E-state index in [1.807, 2.05) is 30.3 Å². The van der Waals surface area contributed by atoms with E-state index in [0.717, 1.165) is 29.2 Å². The summed E-state index contributed by atoms with van der Waals surface area (Å²) in [5.41, 5.74) is 3.19. The Balaban J connectivity index is 2.39. The molecule has 2 aromatic rings. The zero-order valence-electron chi connectivity index (χ0n) is 10.1. The Hall–Kier alpha value is -2.78. The van der Waals surface area contributed by atoms with Crippen LogP contribution in [0.2, 0.25) is 0 Å². The summed E-state index contributed by atoms with van der Waals surface area (Å²) >= 11 is 0. The molecule has 1 N–H and O–H groups in total. The average molecular weight is 246 g/mol. The van der Waals surface area contributed by atoms with E-state index in [2.05, 4.69) is 0 Å². The van der Waals surface area contributed by atoms with Crippen LogP contribution >= 0.6 is 0 Å². The van der Waals surface area contributed by atoms with Gasteiger partial charge in [0.05, 0.1) is 0 Å². The van der Waals surface area contributed by atoms with Crippen LogP contribution in [0, 0.1) is 22.7 Å². The molecule has 3 nitrogen and oxygen atoms in total. The first kappa shape index (κ1) is 11.3. The smallest absolute Gasteiger partial charge is 0.130 e. The van der Waals surface area contributed by atoms with Crippen molar-refractivity contribution in [2.75, 3.05) is 0 Å². The summed E-state index contributed by atoms with van der Waals surface area (Å²) in [7, 11) is 0. The first-order valence-corrected chi connectivity index (χ1v) is 6.03. The zero-order chi connectivity index (χ0) is 13.4. The number of benzene rings is 2. The molecule has 19 heavy (non-hydrogen) atoms. The Kier molecular flexibility index (Phi) is 2.47. The first-order valence-electron chi connectivity index (χ1n) is 6.03. The molecule has 0 spiro atoms. The lowest BCUT2D eigenvalue weighted by molar-refractivity contribution is 0.481. The molecule has 0 fully saturated rings. The Labute approximate surface area is 110 Å². The highest BCUT2D eigenvalue weighted by molar-refractivity contribution is 6.01. The van der Waals surface area contributed by atoms with Crippen LogP contribution in [0.1, 0.15) is 16.7 Å². The monoisotopic (exact) mass is 246 g/mol. The van der Waals surface area contributed by atoms with Crippen LogP contribution in [-0.4, -0.2) is 5.11 Å². The van der Waals surface area contributed by atoms with Crippen molar-refractivity contribution in [1.29, 1.82) is 10.5 Å². The highest BCUT2D eigenvalue weighted by Crippen LogP contribution is 2.38. The fourth-order valence-electron chi connectivity index (χ4n) is 2.70. The third-order valence-corrected chi connectivity index (χ3v) is 3.55. The predicted octanol–water partition coefficient (Wildman–Crippen LogP) is 3.07. The molecule has 0 aromatic heterocycles. The first-order chi connectivity index (χ1) is 9.24. The van der Waals surface area contributed by atoms with Crippen molar-refractivity contribution in [3.8, 4) is 17.9 Å². The summed E-state index contributed by atoms with van der Waals surface area (Å²) in [6, 6.07) is 11.2. The normalized spacial score (nSPS) is 11.9. The minimum atomic E-state index is 0.0399. The van der Waals surface area contributed by atoms with Crippen LogP contribution < -0.4 is 0 Å².